The number of nitrogens with zero attached hydrogens (tertiary/aromatic N) is 4. The zero-order valence-electron chi connectivity index (χ0n) is 13.6. The highest BCUT2D eigenvalue weighted by atomic mass is 35.5. The second kappa shape index (κ2) is 8.71. The fourth-order valence-electron chi connectivity index (χ4n) is 2.22. The van der Waals surface area contributed by atoms with Gasteiger partial charge in [-0.3, -0.25) is 0 Å². The van der Waals surface area contributed by atoms with Crippen molar-refractivity contribution in [2.24, 2.45) is 7.05 Å². The molecule has 0 saturated heterocycles. The Hall–Kier alpha value is -1.54. The van der Waals surface area contributed by atoms with Crippen molar-refractivity contribution in [3.05, 3.63) is 46.1 Å². The number of rotatable bonds is 8. The highest BCUT2D eigenvalue weighted by Gasteiger charge is 2.09. The lowest BCUT2D eigenvalue weighted by molar-refractivity contribution is 0.494. The quantitative estimate of drug-likeness (QED) is 0.456. The topological polar surface area (TPSA) is 68.8 Å². The maximum atomic E-state index is 6.21. The van der Waals surface area contributed by atoms with Crippen molar-refractivity contribution in [3.63, 3.8) is 0 Å². The van der Waals surface area contributed by atoms with Crippen LogP contribution >= 0.6 is 35.0 Å². The average Bonchev–Trinajstić information content (AvgIpc) is 3.20. The number of aryl methyl sites for hydroxylation is 1. The van der Waals surface area contributed by atoms with Gasteiger partial charge in [-0.2, -0.15) is 0 Å². The molecule has 0 amide bonds. The van der Waals surface area contributed by atoms with Crippen LogP contribution < -0.4 is 5.32 Å². The molecule has 0 bridgehead atoms. The first-order chi connectivity index (χ1) is 12.1. The standard InChI is InChI=1S/C16H17Cl2N5OS/c1-23-16(20-21-22-23)25-8-2-7-19-10-12-4-6-15(24-12)13-5-3-11(17)9-14(13)18/h3-6,9,19H,2,7-8,10H2,1H3. The SMILES string of the molecule is Cn1nnnc1SCCCNCc1ccc(-c2ccc(Cl)cc2Cl)o1. The predicted octanol–water partition coefficient (Wildman–Crippen LogP) is 4.05. The first-order valence-electron chi connectivity index (χ1n) is 7.73. The van der Waals surface area contributed by atoms with Gasteiger partial charge in [0.15, 0.2) is 0 Å². The molecule has 0 unspecified atom stereocenters. The summed E-state index contributed by atoms with van der Waals surface area (Å²) in [4.78, 5) is 0. The van der Waals surface area contributed by atoms with Crippen molar-refractivity contribution in [1.29, 1.82) is 0 Å². The Bertz CT molecular complexity index is 836. The number of benzene rings is 1. The van der Waals surface area contributed by atoms with E-state index >= 15 is 0 Å². The third-order valence-electron chi connectivity index (χ3n) is 3.47. The molecule has 25 heavy (non-hydrogen) atoms. The monoisotopic (exact) mass is 397 g/mol. The summed E-state index contributed by atoms with van der Waals surface area (Å²) in [5, 5.41) is 16.7. The summed E-state index contributed by atoms with van der Waals surface area (Å²) in [5.74, 6) is 2.56. The van der Waals surface area contributed by atoms with Crippen LogP contribution in [-0.2, 0) is 13.6 Å². The van der Waals surface area contributed by atoms with Gasteiger partial charge in [-0.15, -0.1) is 5.10 Å². The summed E-state index contributed by atoms with van der Waals surface area (Å²) in [5.41, 5.74) is 0.839. The number of nitrogens with one attached hydrogen (secondary N) is 1. The molecule has 0 atom stereocenters. The largest absolute Gasteiger partial charge is 0.460 e. The molecule has 2 heterocycles. The Labute approximate surface area is 159 Å². The normalized spacial score (nSPS) is 11.2. The van der Waals surface area contributed by atoms with E-state index in [0.717, 1.165) is 41.0 Å². The summed E-state index contributed by atoms with van der Waals surface area (Å²) >= 11 is 13.8. The second-order valence-electron chi connectivity index (χ2n) is 5.35. The van der Waals surface area contributed by atoms with Crippen molar-refractivity contribution >= 4 is 35.0 Å². The van der Waals surface area contributed by atoms with Crippen LogP contribution in [0.5, 0.6) is 0 Å². The minimum Gasteiger partial charge on any atom is -0.460 e. The molecule has 0 saturated carbocycles. The van der Waals surface area contributed by atoms with Gasteiger partial charge in [-0.05, 0) is 53.7 Å². The number of hydrogen-bond acceptors (Lipinski definition) is 6. The molecule has 2 aromatic heterocycles. The molecule has 0 aliphatic carbocycles. The number of furan rings is 1. The Kier molecular flexibility index (Phi) is 6.36. The number of tetrazole rings is 1. The molecular weight excluding hydrogens is 381 g/mol. The fraction of sp³-hybridized carbons (Fsp3) is 0.312. The Morgan fingerprint density at radius 3 is 2.88 bits per heavy atom. The number of hydrogen-bond donors (Lipinski definition) is 1. The van der Waals surface area contributed by atoms with Gasteiger partial charge in [0.2, 0.25) is 5.16 Å². The maximum absolute atomic E-state index is 6.21. The molecule has 132 valence electrons. The van der Waals surface area contributed by atoms with Crippen molar-refractivity contribution in [1.82, 2.24) is 25.5 Å². The Balaban J connectivity index is 1.42. The van der Waals surface area contributed by atoms with E-state index in [1.165, 1.54) is 0 Å². The fourth-order valence-corrected chi connectivity index (χ4v) is 3.51. The summed E-state index contributed by atoms with van der Waals surface area (Å²) in [6.45, 7) is 1.55. The highest BCUT2D eigenvalue weighted by Crippen LogP contribution is 2.31. The zero-order valence-corrected chi connectivity index (χ0v) is 15.9. The van der Waals surface area contributed by atoms with Gasteiger partial charge in [0.1, 0.15) is 11.5 Å². The summed E-state index contributed by atoms with van der Waals surface area (Å²) in [7, 11) is 1.84. The molecule has 9 heteroatoms. The van der Waals surface area contributed by atoms with Crippen LogP contribution in [0.2, 0.25) is 10.0 Å². The van der Waals surface area contributed by atoms with E-state index in [9.17, 15) is 0 Å². The highest BCUT2D eigenvalue weighted by molar-refractivity contribution is 7.99. The van der Waals surface area contributed by atoms with E-state index in [1.54, 1.807) is 28.6 Å². The van der Waals surface area contributed by atoms with Crippen molar-refractivity contribution in [2.75, 3.05) is 12.3 Å². The van der Waals surface area contributed by atoms with Gasteiger partial charge in [0.05, 0.1) is 11.6 Å². The lowest BCUT2D eigenvalue weighted by Gasteiger charge is -2.03. The second-order valence-corrected chi connectivity index (χ2v) is 7.26. The number of aromatic nitrogens is 4. The van der Waals surface area contributed by atoms with E-state index in [-0.39, 0.29) is 0 Å². The van der Waals surface area contributed by atoms with Crippen LogP contribution in [0.1, 0.15) is 12.2 Å². The molecule has 0 aliphatic heterocycles. The lowest BCUT2D eigenvalue weighted by Crippen LogP contribution is -2.14. The van der Waals surface area contributed by atoms with E-state index in [0.29, 0.717) is 16.6 Å². The van der Waals surface area contributed by atoms with E-state index < -0.39 is 0 Å². The molecule has 0 radical (unpaired) electrons. The van der Waals surface area contributed by atoms with Gasteiger partial charge in [-0.25, -0.2) is 4.68 Å². The van der Waals surface area contributed by atoms with E-state index in [1.807, 2.05) is 25.2 Å². The molecule has 3 rings (SSSR count). The predicted molar refractivity (Wildman–Crippen MR) is 100 cm³/mol. The van der Waals surface area contributed by atoms with Crippen molar-refractivity contribution < 1.29 is 4.42 Å². The average molecular weight is 398 g/mol. The molecule has 3 aromatic rings. The molecule has 6 nitrogen and oxygen atoms in total. The van der Waals surface area contributed by atoms with Gasteiger partial charge in [-0.1, -0.05) is 35.0 Å². The smallest absolute Gasteiger partial charge is 0.209 e. The minimum atomic E-state index is 0.580. The Morgan fingerprint density at radius 1 is 1.24 bits per heavy atom. The van der Waals surface area contributed by atoms with E-state index in [4.69, 9.17) is 27.6 Å². The van der Waals surface area contributed by atoms with Crippen LogP contribution in [0.15, 0.2) is 39.9 Å². The van der Waals surface area contributed by atoms with Gasteiger partial charge < -0.3 is 9.73 Å². The van der Waals surface area contributed by atoms with Crippen LogP contribution in [-0.4, -0.2) is 32.5 Å². The van der Waals surface area contributed by atoms with Crippen LogP contribution in [0.25, 0.3) is 11.3 Å². The summed E-state index contributed by atoms with van der Waals surface area (Å²) in [6, 6.07) is 9.24. The molecule has 0 aliphatic rings. The van der Waals surface area contributed by atoms with Gasteiger partial charge in [0, 0.05) is 23.4 Å². The molecular formula is C16H17Cl2N5OS. The first kappa shape index (κ1) is 18.3. The van der Waals surface area contributed by atoms with Gasteiger partial charge >= 0.3 is 0 Å². The maximum Gasteiger partial charge on any atom is 0.209 e. The van der Waals surface area contributed by atoms with E-state index in [2.05, 4.69) is 20.8 Å². The third kappa shape index (κ3) is 4.98. The van der Waals surface area contributed by atoms with Crippen LogP contribution in [0.4, 0.5) is 0 Å². The number of halogens is 2. The minimum absolute atomic E-state index is 0.580. The summed E-state index contributed by atoms with van der Waals surface area (Å²) in [6.07, 6.45) is 1.01. The first-order valence-corrected chi connectivity index (χ1v) is 9.47. The molecule has 1 N–H and O–H groups in total. The van der Waals surface area contributed by atoms with Crippen molar-refractivity contribution in [3.8, 4) is 11.3 Å². The summed E-state index contributed by atoms with van der Waals surface area (Å²) < 4.78 is 7.52. The van der Waals surface area contributed by atoms with Crippen molar-refractivity contribution in [2.45, 2.75) is 18.1 Å². The zero-order chi connectivity index (χ0) is 17.6. The van der Waals surface area contributed by atoms with Gasteiger partial charge in [0.25, 0.3) is 0 Å². The molecule has 1 aromatic carbocycles. The van der Waals surface area contributed by atoms with Crippen LogP contribution in [0.3, 0.4) is 0 Å². The van der Waals surface area contributed by atoms with Crippen LogP contribution in [0, 0.1) is 0 Å². The third-order valence-corrected chi connectivity index (χ3v) is 5.11. The Morgan fingerprint density at radius 2 is 2.12 bits per heavy atom. The lowest BCUT2D eigenvalue weighted by atomic mass is 10.2. The number of thioether (sulfide) groups is 1. The molecule has 0 spiro atoms. The molecule has 0 fully saturated rings.